The zero-order valence-corrected chi connectivity index (χ0v) is 11.7. The van der Waals surface area contributed by atoms with Crippen molar-refractivity contribution >= 4 is 49.8 Å². The molecule has 3 nitrogen and oxygen atoms in total. The Kier molecular flexibility index (Phi) is 2.71. The van der Waals surface area contributed by atoms with Crippen LogP contribution < -0.4 is 5.73 Å². The van der Waals surface area contributed by atoms with Gasteiger partial charge in [-0.3, -0.25) is 4.98 Å². The van der Waals surface area contributed by atoms with E-state index in [1.54, 1.807) is 23.7 Å². The van der Waals surface area contributed by atoms with E-state index in [1.807, 2.05) is 18.2 Å². The number of halogens is 1. The van der Waals surface area contributed by atoms with Crippen LogP contribution >= 0.6 is 33.9 Å². The van der Waals surface area contributed by atoms with E-state index >= 15 is 0 Å². The Morgan fingerprint density at radius 1 is 1.24 bits per heavy atom. The van der Waals surface area contributed by atoms with Crippen molar-refractivity contribution < 1.29 is 0 Å². The van der Waals surface area contributed by atoms with E-state index < -0.39 is 0 Å². The van der Waals surface area contributed by atoms with Gasteiger partial charge in [0, 0.05) is 21.0 Å². The Balaban J connectivity index is 2.20. The monoisotopic (exact) mass is 353 g/mol. The largest absolute Gasteiger partial charge is 0.399 e. The SMILES string of the molecule is Nc1cc(I)cc(-c2nc3cnccc3s2)c1. The zero-order chi connectivity index (χ0) is 11.8. The average Bonchev–Trinajstić information content (AvgIpc) is 2.71. The minimum Gasteiger partial charge on any atom is -0.399 e. The first kappa shape index (κ1) is 10.9. The predicted molar refractivity (Wildman–Crippen MR) is 80.0 cm³/mol. The third kappa shape index (κ3) is 2.12. The lowest BCUT2D eigenvalue weighted by atomic mass is 10.2. The molecule has 3 aromatic rings. The van der Waals surface area contributed by atoms with E-state index in [1.165, 1.54) is 0 Å². The molecular formula is C12H8IN3S. The van der Waals surface area contributed by atoms with Gasteiger partial charge in [-0.1, -0.05) is 0 Å². The molecule has 2 N–H and O–H groups in total. The van der Waals surface area contributed by atoms with Crippen LogP contribution in [0.4, 0.5) is 5.69 Å². The lowest BCUT2D eigenvalue weighted by molar-refractivity contribution is 1.34. The summed E-state index contributed by atoms with van der Waals surface area (Å²) >= 11 is 3.92. The number of aromatic nitrogens is 2. The first-order valence-electron chi connectivity index (χ1n) is 4.99. The van der Waals surface area contributed by atoms with Gasteiger partial charge in [-0.15, -0.1) is 11.3 Å². The summed E-state index contributed by atoms with van der Waals surface area (Å²) in [6, 6.07) is 7.96. The predicted octanol–water partition coefficient (Wildman–Crippen LogP) is 3.55. The maximum atomic E-state index is 5.85. The summed E-state index contributed by atoms with van der Waals surface area (Å²) in [6.07, 6.45) is 3.57. The van der Waals surface area contributed by atoms with E-state index in [-0.39, 0.29) is 0 Å². The fourth-order valence-corrected chi connectivity index (χ4v) is 3.25. The van der Waals surface area contributed by atoms with Crippen LogP contribution in [0.1, 0.15) is 0 Å². The summed E-state index contributed by atoms with van der Waals surface area (Å²) in [4.78, 5) is 8.64. The van der Waals surface area contributed by atoms with Gasteiger partial charge in [0.25, 0.3) is 0 Å². The fourth-order valence-electron chi connectivity index (χ4n) is 1.64. The minimum atomic E-state index is 0.768. The number of nitrogen functional groups attached to an aromatic ring is 1. The van der Waals surface area contributed by atoms with Crippen LogP contribution in [0.2, 0.25) is 0 Å². The van der Waals surface area contributed by atoms with Gasteiger partial charge >= 0.3 is 0 Å². The number of hydrogen-bond donors (Lipinski definition) is 1. The Bertz CT molecular complexity index is 640. The number of benzene rings is 1. The maximum absolute atomic E-state index is 5.85. The van der Waals surface area contributed by atoms with Gasteiger partial charge in [0.1, 0.15) is 10.5 Å². The molecule has 0 unspecified atom stereocenters. The van der Waals surface area contributed by atoms with Crippen molar-refractivity contribution in [2.45, 2.75) is 0 Å². The average molecular weight is 353 g/mol. The molecule has 1 aromatic carbocycles. The van der Waals surface area contributed by atoms with Crippen LogP contribution in [0, 0.1) is 3.57 Å². The Morgan fingerprint density at radius 3 is 2.88 bits per heavy atom. The molecule has 0 bridgehead atoms. The Morgan fingerprint density at radius 2 is 2.12 bits per heavy atom. The van der Waals surface area contributed by atoms with Crippen molar-refractivity contribution in [1.82, 2.24) is 9.97 Å². The molecule has 84 valence electrons. The first-order chi connectivity index (χ1) is 8.22. The molecule has 0 saturated carbocycles. The van der Waals surface area contributed by atoms with Crippen LogP contribution in [0.25, 0.3) is 20.8 Å². The first-order valence-corrected chi connectivity index (χ1v) is 6.89. The van der Waals surface area contributed by atoms with Crippen molar-refractivity contribution in [3.8, 4) is 10.6 Å². The normalized spacial score (nSPS) is 10.9. The number of thiazole rings is 1. The molecule has 0 fully saturated rings. The van der Waals surface area contributed by atoms with Gasteiger partial charge in [0.05, 0.1) is 10.9 Å². The molecule has 5 heteroatoms. The number of nitrogens with two attached hydrogens (primary N) is 1. The van der Waals surface area contributed by atoms with E-state index in [4.69, 9.17) is 5.73 Å². The molecule has 0 spiro atoms. The van der Waals surface area contributed by atoms with Crippen LogP contribution in [0.15, 0.2) is 36.7 Å². The van der Waals surface area contributed by atoms with Gasteiger partial charge < -0.3 is 5.73 Å². The highest BCUT2D eigenvalue weighted by molar-refractivity contribution is 14.1. The van der Waals surface area contributed by atoms with E-state index in [0.29, 0.717) is 0 Å². The second-order valence-electron chi connectivity index (χ2n) is 3.64. The number of anilines is 1. The third-order valence-electron chi connectivity index (χ3n) is 2.36. The molecular weight excluding hydrogens is 345 g/mol. The zero-order valence-electron chi connectivity index (χ0n) is 8.72. The van der Waals surface area contributed by atoms with E-state index in [2.05, 4.69) is 38.6 Å². The molecule has 0 aliphatic carbocycles. The number of nitrogens with zero attached hydrogens (tertiary/aromatic N) is 2. The van der Waals surface area contributed by atoms with Gasteiger partial charge in [0.15, 0.2) is 0 Å². The highest BCUT2D eigenvalue weighted by atomic mass is 127. The van der Waals surface area contributed by atoms with Crippen molar-refractivity contribution in [1.29, 1.82) is 0 Å². The molecule has 0 radical (unpaired) electrons. The summed E-state index contributed by atoms with van der Waals surface area (Å²) in [5.74, 6) is 0. The lowest BCUT2D eigenvalue weighted by Gasteiger charge is -1.99. The summed E-state index contributed by atoms with van der Waals surface area (Å²) in [5, 5.41) is 0.984. The molecule has 0 amide bonds. The maximum Gasteiger partial charge on any atom is 0.124 e. The summed E-state index contributed by atoms with van der Waals surface area (Å²) in [5.41, 5.74) is 8.62. The molecule has 2 heterocycles. The third-order valence-corrected chi connectivity index (χ3v) is 4.07. The molecule has 0 aliphatic heterocycles. The smallest absolute Gasteiger partial charge is 0.124 e. The van der Waals surface area contributed by atoms with Gasteiger partial charge in [-0.2, -0.15) is 0 Å². The van der Waals surface area contributed by atoms with E-state index in [0.717, 1.165) is 30.0 Å². The van der Waals surface area contributed by atoms with Crippen LogP contribution in [-0.4, -0.2) is 9.97 Å². The number of hydrogen-bond acceptors (Lipinski definition) is 4. The lowest BCUT2D eigenvalue weighted by Crippen LogP contribution is -1.87. The fraction of sp³-hybridized carbons (Fsp3) is 0. The molecule has 17 heavy (non-hydrogen) atoms. The quantitative estimate of drug-likeness (QED) is 0.538. The summed E-state index contributed by atoms with van der Waals surface area (Å²) in [7, 11) is 0. The number of pyridine rings is 1. The molecule has 3 rings (SSSR count). The van der Waals surface area contributed by atoms with Crippen molar-refractivity contribution in [2.75, 3.05) is 5.73 Å². The highest BCUT2D eigenvalue weighted by Crippen LogP contribution is 2.31. The minimum absolute atomic E-state index is 0.768. The van der Waals surface area contributed by atoms with Gasteiger partial charge in [-0.25, -0.2) is 4.98 Å². The van der Waals surface area contributed by atoms with Crippen molar-refractivity contribution in [3.63, 3.8) is 0 Å². The van der Waals surface area contributed by atoms with Crippen LogP contribution in [-0.2, 0) is 0 Å². The van der Waals surface area contributed by atoms with Gasteiger partial charge in [0.2, 0.25) is 0 Å². The Hall–Kier alpha value is -1.21. The summed E-state index contributed by atoms with van der Waals surface area (Å²) < 4.78 is 2.27. The van der Waals surface area contributed by atoms with Crippen LogP contribution in [0.3, 0.4) is 0 Å². The molecule has 0 saturated heterocycles. The van der Waals surface area contributed by atoms with Crippen molar-refractivity contribution in [2.24, 2.45) is 0 Å². The topological polar surface area (TPSA) is 51.8 Å². The second kappa shape index (κ2) is 4.23. The number of fused-ring (bicyclic) bond motifs is 1. The van der Waals surface area contributed by atoms with Crippen LogP contribution in [0.5, 0.6) is 0 Å². The second-order valence-corrected chi connectivity index (χ2v) is 5.91. The number of rotatable bonds is 1. The van der Waals surface area contributed by atoms with E-state index in [9.17, 15) is 0 Å². The highest BCUT2D eigenvalue weighted by Gasteiger charge is 2.07. The summed E-state index contributed by atoms with van der Waals surface area (Å²) in [6.45, 7) is 0. The molecule has 2 aromatic heterocycles. The van der Waals surface area contributed by atoms with Gasteiger partial charge in [-0.05, 0) is 46.9 Å². The standard InChI is InChI=1S/C12H8IN3S/c13-8-3-7(4-9(14)5-8)12-16-10-6-15-2-1-11(10)17-12/h1-6H,14H2. The van der Waals surface area contributed by atoms with Crippen molar-refractivity contribution in [3.05, 3.63) is 40.2 Å². The Labute approximate surface area is 116 Å². The molecule has 0 aliphatic rings. The molecule has 0 atom stereocenters.